The van der Waals surface area contributed by atoms with Crippen molar-refractivity contribution in [2.45, 2.75) is 12.8 Å². The molecule has 0 radical (unpaired) electrons. The van der Waals surface area contributed by atoms with Crippen molar-refractivity contribution in [3.63, 3.8) is 0 Å². The summed E-state index contributed by atoms with van der Waals surface area (Å²) in [6, 6.07) is 7.92. The largest absolute Gasteiger partial charge is 0.345 e. The lowest BCUT2D eigenvalue weighted by molar-refractivity contribution is 0.0827. The van der Waals surface area contributed by atoms with Crippen LogP contribution < -0.4 is 0 Å². The monoisotopic (exact) mass is 234 g/mol. The molecule has 1 rings (SSSR count). The quantitative estimate of drug-likeness (QED) is 0.776. The summed E-state index contributed by atoms with van der Waals surface area (Å²) < 4.78 is 0. The molecule has 0 aromatic heterocycles. The highest BCUT2D eigenvalue weighted by Crippen LogP contribution is 2.08. The minimum atomic E-state index is 0.0600. The highest BCUT2D eigenvalue weighted by molar-refractivity contribution is 5.93. The predicted molar refractivity (Wildman–Crippen MR) is 71.3 cm³/mol. The van der Waals surface area contributed by atoms with Gasteiger partial charge in [-0.3, -0.25) is 4.79 Å². The van der Waals surface area contributed by atoms with E-state index in [2.05, 4.69) is 19.0 Å². The van der Waals surface area contributed by atoms with Gasteiger partial charge in [0.2, 0.25) is 0 Å². The molecule has 1 amide bonds. The Morgan fingerprint density at radius 3 is 2.12 bits per heavy atom. The molecular weight excluding hydrogens is 212 g/mol. The summed E-state index contributed by atoms with van der Waals surface area (Å²) in [5.41, 5.74) is 2.05. The van der Waals surface area contributed by atoms with Gasteiger partial charge in [0.25, 0.3) is 5.91 Å². The van der Waals surface area contributed by atoms with E-state index in [1.165, 1.54) is 5.56 Å². The molecule has 0 N–H and O–H groups in total. The molecule has 0 unspecified atom stereocenters. The maximum Gasteiger partial charge on any atom is 0.253 e. The van der Waals surface area contributed by atoms with E-state index < -0.39 is 0 Å². The molecule has 0 atom stereocenters. The van der Waals surface area contributed by atoms with E-state index in [9.17, 15) is 4.79 Å². The first-order chi connectivity index (χ1) is 8.00. The van der Waals surface area contributed by atoms with Gasteiger partial charge in [0.05, 0.1) is 0 Å². The molecule has 0 fully saturated rings. The van der Waals surface area contributed by atoms with Crippen LogP contribution in [0, 0.1) is 0 Å². The molecule has 94 valence electrons. The third kappa shape index (κ3) is 4.57. The van der Waals surface area contributed by atoms with Crippen LogP contribution in [-0.4, -0.2) is 50.4 Å². The second-order valence-corrected chi connectivity index (χ2v) is 4.80. The number of hydrogen-bond donors (Lipinski definition) is 0. The van der Waals surface area contributed by atoms with Gasteiger partial charge in [-0.15, -0.1) is 0 Å². The molecule has 1 aromatic carbocycles. The average Bonchev–Trinajstić information content (AvgIpc) is 2.28. The van der Waals surface area contributed by atoms with Crippen molar-refractivity contribution in [2.75, 3.05) is 34.7 Å². The van der Waals surface area contributed by atoms with Crippen LogP contribution in [0.2, 0.25) is 0 Å². The summed E-state index contributed by atoms with van der Waals surface area (Å²) in [6.07, 6.45) is 2.21. The van der Waals surface area contributed by atoms with Crippen molar-refractivity contribution >= 4 is 5.91 Å². The van der Waals surface area contributed by atoms with Gasteiger partial charge in [0.1, 0.15) is 0 Å². The summed E-state index contributed by atoms with van der Waals surface area (Å²) >= 11 is 0. The molecule has 0 aliphatic heterocycles. The molecule has 0 spiro atoms. The minimum Gasteiger partial charge on any atom is -0.345 e. The fraction of sp³-hybridized carbons (Fsp3) is 0.500. The lowest BCUT2D eigenvalue weighted by Gasteiger charge is -2.11. The first-order valence-electron chi connectivity index (χ1n) is 5.96. The van der Waals surface area contributed by atoms with Crippen molar-refractivity contribution in [3.05, 3.63) is 35.4 Å². The van der Waals surface area contributed by atoms with Crippen molar-refractivity contribution in [2.24, 2.45) is 0 Å². The number of hydrogen-bond acceptors (Lipinski definition) is 2. The number of nitrogens with zero attached hydrogens (tertiary/aromatic N) is 2. The Morgan fingerprint density at radius 1 is 1.06 bits per heavy atom. The van der Waals surface area contributed by atoms with E-state index in [1.54, 1.807) is 19.0 Å². The summed E-state index contributed by atoms with van der Waals surface area (Å²) in [4.78, 5) is 15.5. The SMILES string of the molecule is CN(C)CCCc1ccc(C(=O)N(C)C)cc1. The Balaban J connectivity index is 2.53. The Morgan fingerprint density at radius 2 is 1.65 bits per heavy atom. The average molecular weight is 234 g/mol. The molecule has 0 aliphatic carbocycles. The van der Waals surface area contributed by atoms with Crippen molar-refractivity contribution in [1.29, 1.82) is 0 Å². The topological polar surface area (TPSA) is 23.6 Å². The Kier molecular flexibility index (Phi) is 5.16. The van der Waals surface area contributed by atoms with E-state index in [0.717, 1.165) is 24.9 Å². The van der Waals surface area contributed by atoms with Crippen LogP contribution >= 0.6 is 0 Å². The van der Waals surface area contributed by atoms with Gasteiger partial charge in [-0.25, -0.2) is 0 Å². The van der Waals surface area contributed by atoms with Gasteiger partial charge in [-0.1, -0.05) is 12.1 Å². The molecule has 1 aromatic rings. The van der Waals surface area contributed by atoms with Crippen LogP contribution in [0.4, 0.5) is 0 Å². The summed E-state index contributed by atoms with van der Waals surface area (Å²) in [6.45, 7) is 1.10. The lowest BCUT2D eigenvalue weighted by atomic mass is 10.1. The molecular formula is C14H22N2O. The van der Waals surface area contributed by atoms with E-state index in [-0.39, 0.29) is 5.91 Å². The molecule has 3 nitrogen and oxygen atoms in total. The van der Waals surface area contributed by atoms with E-state index in [1.807, 2.05) is 24.3 Å². The van der Waals surface area contributed by atoms with Crippen molar-refractivity contribution < 1.29 is 4.79 Å². The third-order valence-electron chi connectivity index (χ3n) is 2.68. The zero-order valence-corrected chi connectivity index (χ0v) is 11.2. The minimum absolute atomic E-state index is 0.0600. The molecule has 0 bridgehead atoms. The van der Waals surface area contributed by atoms with Crippen LogP contribution in [0.15, 0.2) is 24.3 Å². The third-order valence-corrected chi connectivity index (χ3v) is 2.68. The number of carbonyl (C=O) groups is 1. The fourth-order valence-electron chi connectivity index (χ4n) is 1.67. The summed E-state index contributed by atoms with van der Waals surface area (Å²) in [7, 11) is 7.71. The summed E-state index contributed by atoms with van der Waals surface area (Å²) in [5.74, 6) is 0.0600. The summed E-state index contributed by atoms with van der Waals surface area (Å²) in [5, 5.41) is 0. The lowest BCUT2D eigenvalue weighted by Crippen LogP contribution is -2.21. The number of benzene rings is 1. The normalized spacial score (nSPS) is 10.6. The van der Waals surface area contributed by atoms with Crippen LogP contribution in [-0.2, 0) is 6.42 Å². The second kappa shape index (κ2) is 6.40. The second-order valence-electron chi connectivity index (χ2n) is 4.80. The Labute approximate surface area is 104 Å². The van der Waals surface area contributed by atoms with Crippen LogP contribution in [0.25, 0.3) is 0 Å². The molecule has 3 heteroatoms. The highest BCUT2D eigenvalue weighted by Gasteiger charge is 2.06. The van der Waals surface area contributed by atoms with E-state index in [0.29, 0.717) is 0 Å². The zero-order chi connectivity index (χ0) is 12.8. The Bertz CT molecular complexity index is 355. The Hall–Kier alpha value is -1.35. The van der Waals surface area contributed by atoms with E-state index in [4.69, 9.17) is 0 Å². The smallest absolute Gasteiger partial charge is 0.253 e. The maximum atomic E-state index is 11.7. The van der Waals surface area contributed by atoms with Gasteiger partial charge in [-0.2, -0.15) is 0 Å². The predicted octanol–water partition coefficient (Wildman–Crippen LogP) is 1.88. The number of aryl methyl sites for hydroxylation is 1. The van der Waals surface area contributed by atoms with Crippen LogP contribution in [0.3, 0.4) is 0 Å². The zero-order valence-electron chi connectivity index (χ0n) is 11.2. The standard InChI is InChI=1S/C14H22N2O/c1-15(2)11-5-6-12-7-9-13(10-8-12)14(17)16(3)4/h7-10H,5-6,11H2,1-4H3. The first kappa shape index (κ1) is 13.7. The highest BCUT2D eigenvalue weighted by atomic mass is 16.2. The van der Waals surface area contributed by atoms with Gasteiger partial charge in [-0.05, 0) is 51.2 Å². The van der Waals surface area contributed by atoms with Crippen molar-refractivity contribution in [1.82, 2.24) is 9.80 Å². The molecule has 0 aliphatic rings. The molecule has 0 saturated carbocycles. The number of rotatable bonds is 5. The first-order valence-corrected chi connectivity index (χ1v) is 5.96. The van der Waals surface area contributed by atoms with Crippen LogP contribution in [0.1, 0.15) is 22.3 Å². The van der Waals surface area contributed by atoms with Gasteiger partial charge < -0.3 is 9.80 Å². The van der Waals surface area contributed by atoms with Gasteiger partial charge in [0, 0.05) is 19.7 Å². The van der Waals surface area contributed by atoms with Crippen LogP contribution in [0.5, 0.6) is 0 Å². The van der Waals surface area contributed by atoms with Crippen molar-refractivity contribution in [3.8, 4) is 0 Å². The number of carbonyl (C=O) groups excluding carboxylic acids is 1. The fourth-order valence-corrected chi connectivity index (χ4v) is 1.67. The maximum absolute atomic E-state index is 11.7. The van der Waals surface area contributed by atoms with Gasteiger partial charge in [0.15, 0.2) is 0 Å². The number of amides is 1. The molecule has 0 heterocycles. The van der Waals surface area contributed by atoms with Gasteiger partial charge >= 0.3 is 0 Å². The molecule has 0 saturated heterocycles. The molecule has 17 heavy (non-hydrogen) atoms. The van der Waals surface area contributed by atoms with E-state index >= 15 is 0 Å².